The molecule has 0 bridgehead atoms. The second-order valence-corrected chi connectivity index (χ2v) is 8.41. The Labute approximate surface area is 182 Å². The standard InChI is InChI=1S/C24H28N4O3/c1-26(2)16-17-9-11-18(12-10-17)20-8-5-14-27(20)23(30)19-6-3-4-7-21(19)28-15-13-22(29)25-24(28)31/h3-4,6-7,9-12,20H,5,8,13-16H2,1-2H3,(H,25,29,31). The van der Waals surface area contributed by atoms with E-state index in [4.69, 9.17) is 0 Å². The van der Waals surface area contributed by atoms with Crippen molar-refractivity contribution in [3.63, 3.8) is 0 Å². The Morgan fingerprint density at radius 3 is 2.52 bits per heavy atom. The summed E-state index contributed by atoms with van der Waals surface area (Å²) in [5.41, 5.74) is 3.40. The van der Waals surface area contributed by atoms with E-state index in [2.05, 4.69) is 34.5 Å². The van der Waals surface area contributed by atoms with Crippen LogP contribution in [0.5, 0.6) is 0 Å². The molecule has 2 fully saturated rings. The molecule has 2 aromatic rings. The predicted octanol–water partition coefficient (Wildman–Crippen LogP) is 3.17. The molecule has 2 aliphatic heterocycles. The molecule has 2 saturated heterocycles. The molecule has 1 N–H and O–H groups in total. The Morgan fingerprint density at radius 1 is 1.06 bits per heavy atom. The second-order valence-electron chi connectivity index (χ2n) is 8.41. The summed E-state index contributed by atoms with van der Waals surface area (Å²) in [6.45, 7) is 1.83. The second kappa shape index (κ2) is 8.89. The van der Waals surface area contributed by atoms with Crippen LogP contribution in [-0.4, -0.2) is 54.8 Å². The minimum Gasteiger partial charge on any atom is -0.332 e. The van der Waals surface area contributed by atoms with Crippen LogP contribution in [0.3, 0.4) is 0 Å². The van der Waals surface area contributed by atoms with Gasteiger partial charge in [0.1, 0.15) is 0 Å². The first-order valence-corrected chi connectivity index (χ1v) is 10.7. The fraction of sp³-hybridized carbons (Fsp3) is 0.375. The van der Waals surface area contributed by atoms with Gasteiger partial charge in [-0.1, -0.05) is 36.4 Å². The van der Waals surface area contributed by atoms with Crippen molar-refractivity contribution in [2.75, 3.05) is 32.1 Å². The third-order valence-electron chi connectivity index (χ3n) is 5.86. The monoisotopic (exact) mass is 420 g/mol. The van der Waals surface area contributed by atoms with E-state index in [0.29, 0.717) is 17.8 Å². The zero-order valence-corrected chi connectivity index (χ0v) is 18.0. The van der Waals surface area contributed by atoms with Crippen LogP contribution in [-0.2, 0) is 11.3 Å². The van der Waals surface area contributed by atoms with Crippen molar-refractivity contribution >= 4 is 23.5 Å². The molecule has 4 rings (SSSR count). The van der Waals surface area contributed by atoms with Gasteiger partial charge < -0.3 is 9.80 Å². The fourth-order valence-electron chi connectivity index (χ4n) is 4.41. The topological polar surface area (TPSA) is 73.0 Å². The molecule has 31 heavy (non-hydrogen) atoms. The summed E-state index contributed by atoms with van der Waals surface area (Å²) in [6.07, 6.45) is 2.08. The minimum atomic E-state index is -0.481. The maximum absolute atomic E-state index is 13.6. The highest BCUT2D eigenvalue weighted by Crippen LogP contribution is 2.35. The number of nitrogens with zero attached hydrogens (tertiary/aromatic N) is 3. The van der Waals surface area contributed by atoms with Crippen LogP contribution in [0.15, 0.2) is 48.5 Å². The molecule has 1 unspecified atom stereocenters. The van der Waals surface area contributed by atoms with Gasteiger partial charge in [0, 0.05) is 26.1 Å². The number of para-hydroxylation sites is 1. The van der Waals surface area contributed by atoms with Crippen molar-refractivity contribution in [1.29, 1.82) is 0 Å². The van der Waals surface area contributed by atoms with E-state index >= 15 is 0 Å². The number of hydrogen-bond acceptors (Lipinski definition) is 4. The Kier molecular flexibility index (Phi) is 6.04. The van der Waals surface area contributed by atoms with Crippen molar-refractivity contribution in [3.05, 3.63) is 65.2 Å². The number of carbonyl (C=O) groups excluding carboxylic acids is 3. The van der Waals surface area contributed by atoms with Gasteiger partial charge in [-0.3, -0.25) is 19.8 Å². The van der Waals surface area contributed by atoms with Gasteiger partial charge in [-0.15, -0.1) is 0 Å². The maximum Gasteiger partial charge on any atom is 0.328 e. The normalized spacial score (nSPS) is 19.1. The number of benzene rings is 2. The molecule has 0 aliphatic carbocycles. The summed E-state index contributed by atoms with van der Waals surface area (Å²) in [4.78, 5) is 43.0. The van der Waals surface area contributed by atoms with E-state index in [9.17, 15) is 14.4 Å². The largest absolute Gasteiger partial charge is 0.332 e. The molecule has 2 aromatic carbocycles. The zero-order chi connectivity index (χ0) is 22.0. The Balaban J connectivity index is 1.58. The fourth-order valence-corrected chi connectivity index (χ4v) is 4.41. The van der Waals surface area contributed by atoms with Gasteiger partial charge >= 0.3 is 6.03 Å². The van der Waals surface area contributed by atoms with Crippen LogP contribution >= 0.6 is 0 Å². The molecule has 2 heterocycles. The molecule has 0 radical (unpaired) electrons. The first-order chi connectivity index (χ1) is 14.9. The van der Waals surface area contributed by atoms with Gasteiger partial charge in [-0.25, -0.2) is 4.79 Å². The van der Waals surface area contributed by atoms with Crippen LogP contribution in [0, 0.1) is 0 Å². The molecular weight excluding hydrogens is 392 g/mol. The van der Waals surface area contributed by atoms with Gasteiger partial charge in [-0.2, -0.15) is 0 Å². The van der Waals surface area contributed by atoms with E-state index in [1.165, 1.54) is 10.5 Å². The van der Waals surface area contributed by atoms with Gasteiger partial charge in [0.05, 0.1) is 17.3 Å². The van der Waals surface area contributed by atoms with Crippen LogP contribution in [0.2, 0.25) is 0 Å². The Bertz CT molecular complexity index is 987. The van der Waals surface area contributed by atoms with Crippen LogP contribution in [0.4, 0.5) is 10.5 Å². The van der Waals surface area contributed by atoms with Gasteiger partial charge in [-0.05, 0) is 50.2 Å². The van der Waals surface area contributed by atoms with Crippen molar-refractivity contribution in [3.8, 4) is 0 Å². The van der Waals surface area contributed by atoms with Crippen LogP contribution < -0.4 is 10.2 Å². The number of anilines is 1. The number of imide groups is 1. The van der Waals surface area contributed by atoms with Crippen LogP contribution in [0.1, 0.15) is 46.8 Å². The summed E-state index contributed by atoms with van der Waals surface area (Å²) in [6, 6.07) is 15.2. The lowest BCUT2D eigenvalue weighted by Crippen LogP contribution is -2.50. The minimum absolute atomic E-state index is 0.0192. The van der Waals surface area contributed by atoms with Crippen molar-refractivity contribution in [2.24, 2.45) is 0 Å². The van der Waals surface area contributed by atoms with Gasteiger partial charge in [0.2, 0.25) is 5.91 Å². The maximum atomic E-state index is 13.6. The lowest BCUT2D eigenvalue weighted by atomic mass is 10.0. The van der Waals surface area contributed by atoms with Crippen molar-refractivity contribution in [2.45, 2.75) is 31.8 Å². The Morgan fingerprint density at radius 2 is 1.81 bits per heavy atom. The van der Waals surface area contributed by atoms with Gasteiger partial charge in [0.25, 0.3) is 5.91 Å². The Hall–Kier alpha value is -3.19. The van der Waals surface area contributed by atoms with E-state index in [0.717, 1.165) is 24.9 Å². The summed E-state index contributed by atoms with van der Waals surface area (Å²) in [5.74, 6) is -0.373. The number of carbonyl (C=O) groups is 3. The first-order valence-electron chi connectivity index (χ1n) is 10.7. The highest BCUT2D eigenvalue weighted by atomic mass is 16.2. The summed E-state index contributed by atoms with van der Waals surface area (Å²) >= 11 is 0. The predicted molar refractivity (Wildman–Crippen MR) is 119 cm³/mol. The number of amides is 4. The smallest absolute Gasteiger partial charge is 0.328 e. The number of urea groups is 1. The number of rotatable bonds is 5. The van der Waals surface area contributed by atoms with E-state index in [1.807, 2.05) is 25.1 Å². The third-order valence-corrected chi connectivity index (χ3v) is 5.86. The van der Waals surface area contributed by atoms with Gasteiger partial charge in [0.15, 0.2) is 0 Å². The molecule has 162 valence electrons. The highest BCUT2D eigenvalue weighted by molar-refractivity contribution is 6.09. The van der Waals surface area contributed by atoms with E-state index < -0.39 is 6.03 Å². The van der Waals surface area contributed by atoms with E-state index in [-0.39, 0.29) is 30.8 Å². The molecule has 1 atom stereocenters. The van der Waals surface area contributed by atoms with Crippen molar-refractivity contribution in [1.82, 2.24) is 15.1 Å². The van der Waals surface area contributed by atoms with Crippen LogP contribution in [0.25, 0.3) is 0 Å². The average molecular weight is 421 g/mol. The highest BCUT2D eigenvalue weighted by Gasteiger charge is 2.34. The molecule has 0 aromatic heterocycles. The zero-order valence-electron chi connectivity index (χ0n) is 18.0. The molecular formula is C24H28N4O3. The average Bonchev–Trinajstić information content (AvgIpc) is 3.23. The summed E-state index contributed by atoms with van der Waals surface area (Å²) in [7, 11) is 4.09. The molecule has 4 amide bonds. The summed E-state index contributed by atoms with van der Waals surface area (Å²) in [5, 5.41) is 2.34. The lowest BCUT2D eigenvalue weighted by molar-refractivity contribution is -0.120. The summed E-state index contributed by atoms with van der Waals surface area (Å²) < 4.78 is 0. The molecule has 7 nitrogen and oxygen atoms in total. The lowest BCUT2D eigenvalue weighted by Gasteiger charge is -2.30. The number of likely N-dealkylation sites (tertiary alicyclic amines) is 1. The number of hydrogen-bond donors (Lipinski definition) is 1. The molecule has 0 spiro atoms. The van der Waals surface area contributed by atoms with E-state index in [1.54, 1.807) is 18.2 Å². The SMILES string of the molecule is CN(C)Cc1ccc(C2CCCN2C(=O)c2ccccc2N2CCC(=O)NC2=O)cc1. The molecule has 7 heteroatoms. The first kappa shape index (κ1) is 21.1. The quantitative estimate of drug-likeness (QED) is 0.806. The number of nitrogens with one attached hydrogen (secondary N) is 1. The molecule has 0 saturated carbocycles. The van der Waals surface area contributed by atoms with Crippen molar-refractivity contribution < 1.29 is 14.4 Å². The molecule has 2 aliphatic rings. The third kappa shape index (κ3) is 4.46.